The van der Waals surface area contributed by atoms with Gasteiger partial charge in [0.2, 0.25) is 0 Å². The molecule has 0 fully saturated rings. The number of pyridine rings is 1. The summed E-state index contributed by atoms with van der Waals surface area (Å²) in [4.78, 5) is 28.7. The van der Waals surface area contributed by atoms with Crippen LogP contribution in [-0.2, 0) is 6.54 Å². The van der Waals surface area contributed by atoms with Crippen LogP contribution in [0.15, 0.2) is 64.1 Å². The van der Waals surface area contributed by atoms with E-state index in [0.717, 1.165) is 5.65 Å². The third-order valence-corrected chi connectivity index (χ3v) is 3.98. The predicted molar refractivity (Wildman–Crippen MR) is 93.9 cm³/mol. The SMILES string of the molecule is O=C(NCc1cn2cc(Cl)ccc2n1)c1cc(=O)c2ccccc2o1. The summed E-state index contributed by atoms with van der Waals surface area (Å²) >= 11 is 5.94. The van der Waals surface area contributed by atoms with Gasteiger partial charge in [-0.05, 0) is 24.3 Å². The minimum absolute atomic E-state index is 0.0319. The Bertz CT molecular complexity index is 1160. The first-order valence-electron chi connectivity index (χ1n) is 7.54. The van der Waals surface area contributed by atoms with Gasteiger partial charge in [0.15, 0.2) is 11.2 Å². The molecule has 1 N–H and O–H groups in total. The number of carbonyl (C=O) groups is 1. The number of rotatable bonds is 3. The van der Waals surface area contributed by atoms with E-state index in [0.29, 0.717) is 21.7 Å². The number of aromatic nitrogens is 2. The van der Waals surface area contributed by atoms with Gasteiger partial charge in [-0.3, -0.25) is 9.59 Å². The molecule has 1 aromatic carbocycles. The number of hydrogen-bond acceptors (Lipinski definition) is 4. The summed E-state index contributed by atoms with van der Waals surface area (Å²) < 4.78 is 7.29. The van der Waals surface area contributed by atoms with Gasteiger partial charge in [-0.15, -0.1) is 0 Å². The minimum atomic E-state index is -0.474. The molecule has 6 nitrogen and oxygen atoms in total. The standard InChI is InChI=1S/C18H12ClN3O3/c19-11-5-6-17-21-12(10-22(17)9-11)8-20-18(24)16-7-14(23)13-3-1-2-4-15(13)25-16/h1-7,9-10H,8H2,(H,20,24). The molecule has 0 saturated heterocycles. The first kappa shape index (κ1) is 15.4. The molecule has 3 aromatic heterocycles. The van der Waals surface area contributed by atoms with Crippen molar-refractivity contribution in [2.45, 2.75) is 6.54 Å². The molecular formula is C18H12ClN3O3. The van der Waals surface area contributed by atoms with Crippen molar-refractivity contribution in [3.05, 3.63) is 81.6 Å². The zero-order valence-electron chi connectivity index (χ0n) is 12.9. The van der Waals surface area contributed by atoms with Crippen molar-refractivity contribution >= 4 is 34.1 Å². The molecule has 0 aliphatic heterocycles. The second-order valence-electron chi connectivity index (χ2n) is 5.50. The summed E-state index contributed by atoms with van der Waals surface area (Å²) in [6.07, 6.45) is 3.51. The van der Waals surface area contributed by atoms with Crippen molar-refractivity contribution in [2.75, 3.05) is 0 Å². The quantitative estimate of drug-likeness (QED) is 0.614. The highest BCUT2D eigenvalue weighted by molar-refractivity contribution is 6.30. The monoisotopic (exact) mass is 353 g/mol. The number of nitrogens with one attached hydrogen (secondary N) is 1. The normalized spacial score (nSPS) is 11.1. The van der Waals surface area contributed by atoms with Crippen molar-refractivity contribution in [3.8, 4) is 0 Å². The smallest absolute Gasteiger partial charge is 0.287 e. The van der Waals surface area contributed by atoms with Gasteiger partial charge < -0.3 is 14.1 Å². The number of halogens is 1. The second-order valence-corrected chi connectivity index (χ2v) is 5.94. The van der Waals surface area contributed by atoms with Crippen molar-refractivity contribution in [2.24, 2.45) is 0 Å². The van der Waals surface area contributed by atoms with E-state index in [9.17, 15) is 9.59 Å². The first-order chi connectivity index (χ1) is 12.1. The third kappa shape index (κ3) is 2.99. The molecule has 0 unspecified atom stereocenters. The van der Waals surface area contributed by atoms with Gasteiger partial charge in [0.25, 0.3) is 5.91 Å². The van der Waals surface area contributed by atoms with Crippen molar-refractivity contribution in [1.29, 1.82) is 0 Å². The van der Waals surface area contributed by atoms with E-state index in [1.807, 2.05) is 0 Å². The molecule has 0 aliphatic rings. The summed E-state index contributed by atoms with van der Waals surface area (Å²) in [5.74, 6) is -0.506. The average Bonchev–Trinajstić information content (AvgIpc) is 3.01. The highest BCUT2D eigenvalue weighted by Gasteiger charge is 2.12. The highest BCUT2D eigenvalue weighted by atomic mass is 35.5. The lowest BCUT2D eigenvalue weighted by atomic mass is 10.2. The first-order valence-corrected chi connectivity index (χ1v) is 7.92. The lowest BCUT2D eigenvalue weighted by Gasteiger charge is -2.03. The molecule has 0 saturated carbocycles. The summed E-state index contributed by atoms with van der Waals surface area (Å²) in [5, 5.41) is 3.74. The van der Waals surface area contributed by atoms with Crippen LogP contribution in [0.4, 0.5) is 0 Å². The average molecular weight is 354 g/mol. The number of hydrogen-bond donors (Lipinski definition) is 1. The Labute approximate surface area is 146 Å². The molecule has 4 rings (SSSR count). The van der Waals surface area contributed by atoms with E-state index in [-0.39, 0.29) is 17.7 Å². The Balaban J connectivity index is 1.56. The van der Waals surface area contributed by atoms with E-state index in [1.54, 1.807) is 53.2 Å². The Morgan fingerprint density at radius 1 is 1.20 bits per heavy atom. The Kier molecular flexibility index (Phi) is 3.74. The van der Waals surface area contributed by atoms with Gasteiger partial charge >= 0.3 is 0 Å². The number of fused-ring (bicyclic) bond motifs is 2. The third-order valence-electron chi connectivity index (χ3n) is 3.75. The summed E-state index contributed by atoms with van der Waals surface area (Å²) in [5.41, 5.74) is 1.52. The fourth-order valence-corrected chi connectivity index (χ4v) is 2.74. The zero-order chi connectivity index (χ0) is 17.4. The van der Waals surface area contributed by atoms with E-state index in [1.165, 1.54) is 6.07 Å². The number of para-hydroxylation sites is 1. The van der Waals surface area contributed by atoms with Gasteiger partial charge in [-0.2, -0.15) is 0 Å². The summed E-state index contributed by atoms with van der Waals surface area (Å²) in [6, 6.07) is 11.5. The highest BCUT2D eigenvalue weighted by Crippen LogP contribution is 2.13. The zero-order valence-corrected chi connectivity index (χ0v) is 13.7. The molecule has 25 heavy (non-hydrogen) atoms. The Hall–Kier alpha value is -3.12. The van der Waals surface area contributed by atoms with Crippen LogP contribution in [0, 0.1) is 0 Å². The number of carbonyl (C=O) groups excluding carboxylic acids is 1. The fraction of sp³-hybridized carbons (Fsp3) is 0.0556. The molecule has 4 aromatic rings. The lowest BCUT2D eigenvalue weighted by Crippen LogP contribution is -2.24. The maximum absolute atomic E-state index is 12.3. The number of imidazole rings is 1. The van der Waals surface area contributed by atoms with E-state index in [2.05, 4.69) is 10.3 Å². The predicted octanol–water partition coefficient (Wildman–Crippen LogP) is 3.02. The van der Waals surface area contributed by atoms with Gasteiger partial charge in [0.1, 0.15) is 11.2 Å². The molecule has 0 spiro atoms. The molecule has 124 valence electrons. The van der Waals surface area contributed by atoms with Crippen LogP contribution in [0.3, 0.4) is 0 Å². The van der Waals surface area contributed by atoms with Crippen LogP contribution in [-0.4, -0.2) is 15.3 Å². The lowest BCUT2D eigenvalue weighted by molar-refractivity contribution is 0.0923. The topological polar surface area (TPSA) is 76.6 Å². The van der Waals surface area contributed by atoms with E-state index < -0.39 is 5.91 Å². The van der Waals surface area contributed by atoms with Crippen LogP contribution in [0.5, 0.6) is 0 Å². The van der Waals surface area contributed by atoms with E-state index in [4.69, 9.17) is 16.0 Å². The molecule has 0 bridgehead atoms. The molecule has 7 heteroatoms. The maximum Gasteiger partial charge on any atom is 0.287 e. The molecule has 0 radical (unpaired) electrons. The number of amides is 1. The van der Waals surface area contributed by atoms with Crippen molar-refractivity contribution in [1.82, 2.24) is 14.7 Å². The van der Waals surface area contributed by atoms with E-state index >= 15 is 0 Å². The number of benzene rings is 1. The largest absolute Gasteiger partial charge is 0.451 e. The number of nitrogens with zero attached hydrogens (tertiary/aromatic N) is 2. The van der Waals surface area contributed by atoms with Crippen LogP contribution < -0.4 is 10.7 Å². The molecule has 0 atom stereocenters. The summed E-state index contributed by atoms with van der Waals surface area (Å²) in [6.45, 7) is 0.203. The van der Waals surface area contributed by atoms with Gasteiger partial charge in [-0.25, -0.2) is 4.98 Å². The van der Waals surface area contributed by atoms with Crippen LogP contribution in [0.1, 0.15) is 16.2 Å². The van der Waals surface area contributed by atoms with Crippen LogP contribution in [0.25, 0.3) is 16.6 Å². The Morgan fingerprint density at radius 2 is 2.04 bits per heavy atom. The fourth-order valence-electron chi connectivity index (χ4n) is 2.58. The second kappa shape index (κ2) is 6.07. The van der Waals surface area contributed by atoms with Gasteiger partial charge in [0, 0.05) is 18.5 Å². The molecule has 0 aliphatic carbocycles. The summed E-state index contributed by atoms with van der Waals surface area (Å²) in [7, 11) is 0. The molecular weight excluding hydrogens is 342 g/mol. The Morgan fingerprint density at radius 3 is 2.92 bits per heavy atom. The van der Waals surface area contributed by atoms with Crippen LogP contribution in [0.2, 0.25) is 5.02 Å². The minimum Gasteiger partial charge on any atom is -0.451 e. The maximum atomic E-state index is 12.3. The van der Waals surface area contributed by atoms with Crippen LogP contribution >= 0.6 is 11.6 Å². The van der Waals surface area contributed by atoms with Crippen molar-refractivity contribution < 1.29 is 9.21 Å². The molecule has 3 heterocycles. The van der Waals surface area contributed by atoms with Gasteiger partial charge in [0.05, 0.1) is 22.6 Å². The van der Waals surface area contributed by atoms with Crippen molar-refractivity contribution in [3.63, 3.8) is 0 Å². The molecule has 1 amide bonds. The van der Waals surface area contributed by atoms with Gasteiger partial charge in [-0.1, -0.05) is 23.7 Å².